The average Bonchev–Trinajstić information content (AvgIpc) is 3.28. The van der Waals surface area contributed by atoms with Gasteiger partial charge in [0.15, 0.2) is 5.96 Å². The quantitative estimate of drug-likeness (QED) is 0.251. The summed E-state index contributed by atoms with van der Waals surface area (Å²) >= 11 is 1.80. The van der Waals surface area contributed by atoms with Crippen LogP contribution in [-0.2, 0) is 0 Å². The van der Waals surface area contributed by atoms with E-state index >= 15 is 0 Å². The number of hydrogen-bond donors (Lipinski definition) is 2. The maximum absolute atomic E-state index is 12.0. The molecule has 1 amide bonds. The van der Waals surface area contributed by atoms with Crippen molar-refractivity contribution in [1.82, 2.24) is 15.5 Å². The number of guanidine groups is 1. The highest BCUT2D eigenvalue weighted by atomic mass is 127. The SMILES string of the molecule is CCNC(=NCCCNC(=O)c1ccccc1)N1CCN(c2cccs2)CC1.I. The van der Waals surface area contributed by atoms with Crippen LogP contribution in [0.25, 0.3) is 0 Å². The van der Waals surface area contributed by atoms with Crippen molar-refractivity contribution in [1.29, 1.82) is 0 Å². The lowest BCUT2D eigenvalue weighted by Gasteiger charge is -2.37. The second-order valence-electron chi connectivity index (χ2n) is 6.64. The van der Waals surface area contributed by atoms with Crippen molar-refractivity contribution in [2.45, 2.75) is 13.3 Å². The molecule has 8 heteroatoms. The summed E-state index contributed by atoms with van der Waals surface area (Å²) in [4.78, 5) is 21.6. The van der Waals surface area contributed by atoms with Gasteiger partial charge in [0, 0.05) is 51.4 Å². The molecule has 1 fully saturated rings. The molecule has 29 heavy (non-hydrogen) atoms. The molecule has 1 aromatic heterocycles. The molecule has 0 spiro atoms. The van der Waals surface area contributed by atoms with Crippen LogP contribution in [0.3, 0.4) is 0 Å². The fourth-order valence-electron chi connectivity index (χ4n) is 3.17. The smallest absolute Gasteiger partial charge is 0.251 e. The number of amides is 1. The van der Waals surface area contributed by atoms with Crippen molar-refractivity contribution in [2.75, 3.05) is 50.7 Å². The van der Waals surface area contributed by atoms with Gasteiger partial charge in [0.2, 0.25) is 0 Å². The van der Waals surface area contributed by atoms with E-state index in [1.165, 1.54) is 5.00 Å². The summed E-state index contributed by atoms with van der Waals surface area (Å²) in [5.74, 6) is 0.948. The topological polar surface area (TPSA) is 60.0 Å². The third kappa shape index (κ3) is 7.18. The normalized spacial score (nSPS) is 14.3. The van der Waals surface area contributed by atoms with Crippen molar-refractivity contribution in [3.63, 3.8) is 0 Å². The van der Waals surface area contributed by atoms with Gasteiger partial charge in [0.1, 0.15) is 0 Å². The van der Waals surface area contributed by atoms with E-state index in [1.807, 2.05) is 30.3 Å². The number of carbonyl (C=O) groups excluding carboxylic acids is 1. The molecule has 2 heterocycles. The summed E-state index contributed by atoms with van der Waals surface area (Å²) in [5, 5.41) is 9.83. The number of aliphatic imine (C=N–C) groups is 1. The summed E-state index contributed by atoms with van der Waals surface area (Å²) in [5.41, 5.74) is 0.697. The molecule has 2 aromatic rings. The van der Waals surface area contributed by atoms with E-state index in [4.69, 9.17) is 4.99 Å². The fraction of sp³-hybridized carbons (Fsp3) is 0.429. The largest absolute Gasteiger partial charge is 0.360 e. The molecule has 3 rings (SSSR count). The molecular weight excluding hydrogens is 497 g/mol. The van der Waals surface area contributed by atoms with Gasteiger partial charge in [0.05, 0.1) is 5.00 Å². The Bertz CT molecular complexity index is 746. The summed E-state index contributed by atoms with van der Waals surface area (Å²) < 4.78 is 0. The van der Waals surface area contributed by atoms with Gasteiger partial charge in [-0.15, -0.1) is 35.3 Å². The van der Waals surface area contributed by atoms with Crippen LogP contribution in [-0.4, -0.2) is 62.6 Å². The van der Waals surface area contributed by atoms with E-state index in [-0.39, 0.29) is 29.9 Å². The van der Waals surface area contributed by atoms with Crippen LogP contribution < -0.4 is 15.5 Å². The molecule has 1 aliphatic rings. The van der Waals surface area contributed by atoms with Gasteiger partial charge in [-0.1, -0.05) is 18.2 Å². The van der Waals surface area contributed by atoms with Crippen molar-refractivity contribution >= 4 is 52.2 Å². The predicted molar refractivity (Wildman–Crippen MR) is 133 cm³/mol. The van der Waals surface area contributed by atoms with E-state index in [1.54, 1.807) is 11.3 Å². The Morgan fingerprint density at radius 2 is 1.83 bits per heavy atom. The van der Waals surface area contributed by atoms with Gasteiger partial charge < -0.3 is 20.4 Å². The highest BCUT2D eigenvalue weighted by molar-refractivity contribution is 14.0. The molecule has 1 aromatic carbocycles. The zero-order valence-electron chi connectivity index (χ0n) is 16.8. The molecule has 158 valence electrons. The number of nitrogens with one attached hydrogen (secondary N) is 2. The third-order valence-corrected chi connectivity index (χ3v) is 5.58. The van der Waals surface area contributed by atoms with E-state index in [2.05, 4.69) is 44.9 Å². The first-order chi connectivity index (χ1) is 13.8. The zero-order valence-corrected chi connectivity index (χ0v) is 20.0. The Kier molecular flexibility index (Phi) is 10.3. The summed E-state index contributed by atoms with van der Waals surface area (Å²) in [6.07, 6.45) is 0.822. The lowest BCUT2D eigenvalue weighted by atomic mass is 10.2. The van der Waals surface area contributed by atoms with E-state index in [0.29, 0.717) is 18.7 Å². The van der Waals surface area contributed by atoms with Crippen molar-refractivity contribution in [2.24, 2.45) is 4.99 Å². The molecule has 0 radical (unpaired) electrons. The van der Waals surface area contributed by atoms with Crippen molar-refractivity contribution in [3.8, 4) is 0 Å². The molecule has 0 bridgehead atoms. The Labute approximate surface area is 194 Å². The van der Waals surface area contributed by atoms with Crippen LogP contribution in [0.5, 0.6) is 0 Å². The molecule has 0 aliphatic carbocycles. The number of rotatable bonds is 7. The lowest BCUT2D eigenvalue weighted by molar-refractivity contribution is 0.0953. The maximum Gasteiger partial charge on any atom is 0.251 e. The standard InChI is InChI=1S/C21H29N5OS.HI/c1-2-22-21(26-15-13-25(14-16-26)19-10-6-17-28-19)24-12-7-11-23-20(27)18-8-4-3-5-9-18;/h3-6,8-10,17H,2,7,11-16H2,1H3,(H,22,24)(H,23,27);1H. The Morgan fingerprint density at radius 1 is 1.07 bits per heavy atom. The van der Waals surface area contributed by atoms with Crippen LogP contribution >= 0.6 is 35.3 Å². The molecule has 0 unspecified atom stereocenters. The van der Waals surface area contributed by atoms with Gasteiger partial charge in [-0.2, -0.15) is 0 Å². The number of anilines is 1. The zero-order chi connectivity index (χ0) is 19.6. The number of carbonyl (C=O) groups is 1. The van der Waals surface area contributed by atoms with Crippen LogP contribution in [0.1, 0.15) is 23.7 Å². The Morgan fingerprint density at radius 3 is 2.48 bits per heavy atom. The number of halogens is 1. The Balaban J connectivity index is 0.00000300. The van der Waals surface area contributed by atoms with E-state index < -0.39 is 0 Å². The first-order valence-corrected chi connectivity index (χ1v) is 10.8. The first kappa shape index (κ1) is 23.5. The van der Waals surface area contributed by atoms with E-state index in [9.17, 15) is 4.79 Å². The first-order valence-electron chi connectivity index (χ1n) is 9.93. The minimum atomic E-state index is -0.0267. The van der Waals surface area contributed by atoms with Crippen LogP contribution in [0.4, 0.5) is 5.00 Å². The van der Waals surface area contributed by atoms with E-state index in [0.717, 1.165) is 45.1 Å². The number of nitrogens with zero attached hydrogens (tertiary/aromatic N) is 3. The lowest BCUT2D eigenvalue weighted by Crippen LogP contribution is -2.52. The molecule has 0 saturated carbocycles. The highest BCUT2D eigenvalue weighted by Gasteiger charge is 2.20. The van der Waals surface area contributed by atoms with Crippen LogP contribution in [0.2, 0.25) is 0 Å². The van der Waals surface area contributed by atoms with Gasteiger partial charge in [-0.05, 0) is 43.0 Å². The second kappa shape index (κ2) is 12.7. The van der Waals surface area contributed by atoms with Crippen molar-refractivity contribution < 1.29 is 4.79 Å². The molecule has 0 atom stereocenters. The molecular formula is C21H30IN5OS. The predicted octanol–water partition coefficient (Wildman–Crippen LogP) is 3.27. The number of benzene rings is 1. The van der Waals surface area contributed by atoms with Gasteiger partial charge in [-0.3, -0.25) is 9.79 Å². The summed E-state index contributed by atoms with van der Waals surface area (Å²) in [6.45, 7) is 8.23. The summed E-state index contributed by atoms with van der Waals surface area (Å²) in [7, 11) is 0. The molecule has 1 aliphatic heterocycles. The molecule has 1 saturated heterocycles. The fourth-order valence-corrected chi connectivity index (χ4v) is 3.96. The van der Waals surface area contributed by atoms with Gasteiger partial charge in [-0.25, -0.2) is 0 Å². The highest BCUT2D eigenvalue weighted by Crippen LogP contribution is 2.22. The number of piperazine rings is 1. The van der Waals surface area contributed by atoms with Crippen LogP contribution in [0, 0.1) is 0 Å². The third-order valence-electron chi connectivity index (χ3n) is 4.65. The average molecular weight is 527 g/mol. The van der Waals surface area contributed by atoms with Gasteiger partial charge >= 0.3 is 0 Å². The molecule has 2 N–H and O–H groups in total. The number of hydrogen-bond acceptors (Lipinski definition) is 4. The maximum atomic E-state index is 12.0. The monoisotopic (exact) mass is 527 g/mol. The van der Waals surface area contributed by atoms with Crippen LogP contribution in [0.15, 0.2) is 52.8 Å². The van der Waals surface area contributed by atoms with Crippen molar-refractivity contribution in [3.05, 3.63) is 53.4 Å². The minimum absolute atomic E-state index is 0. The Hall–Kier alpha value is -1.81. The molecule has 6 nitrogen and oxygen atoms in total. The second-order valence-corrected chi connectivity index (χ2v) is 7.56. The number of thiophene rings is 1. The summed E-state index contributed by atoms with van der Waals surface area (Å²) in [6, 6.07) is 13.6. The minimum Gasteiger partial charge on any atom is -0.360 e. The van der Waals surface area contributed by atoms with Gasteiger partial charge in [0.25, 0.3) is 5.91 Å².